The van der Waals surface area contributed by atoms with Crippen molar-refractivity contribution in [3.63, 3.8) is 0 Å². The van der Waals surface area contributed by atoms with Crippen molar-refractivity contribution in [1.29, 1.82) is 0 Å². The second-order valence-corrected chi connectivity index (χ2v) is 9.20. The van der Waals surface area contributed by atoms with Crippen molar-refractivity contribution in [2.24, 2.45) is 5.10 Å². The van der Waals surface area contributed by atoms with E-state index in [1.165, 1.54) is 5.01 Å². The number of rotatable bonds is 8. The van der Waals surface area contributed by atoms with E-state index >= 15 is 0 Å². The lowest BCUT2D eigenvalue weighted by Gasteiger charge is -2.22. The van der Waals surface area contributed by atoms with E-state index in [0.29, 0.717) is 6.42 Å². The van der Waals surface area contributed by atoms with Crippen molar-refractivity contribution < 1.29 is 14.7 Å². The van der Waals surface area contributed by atoms with Gasteiger partial charge in [0.15, 0.2) is 0 Å². The average Bonchev–Trinajstić information content (AvgIpc) is 3.55. The van der Waals surface area contributed by atoms with Crippen molar-refractivity contribution >= 4 is 17.6 Å². The van der Waals surface area contributed by atoms with Gasteiger partial charge in [0.05, 0.1) is 17.4 Å². The summed E-state index contributed by atoms with van der Waals surface area (Å²) in [5, 5.41) is 20.3. The van der Waals surface area contributed by atoms with Gasteiger partial charge in [0.1, 0.15) is 5.69 Å². The molecule has 0 radical (unpaired) electrons. The van der Waals surface area contributed by atoms with Gasteiger partial charge in [-0.05, 0) is 31.0 Å². The number of carbonyl (C=O) groups excluding carboxylic acids is 1. The maximum absolute atomic E-state index is 13.2. The summed E-state index contributed by atoms with van der Waals surface area (Å²) in [5.41, 5.74) is 6.47. The van der Waals surface area contributed by atoms with E-state index in [0.717, 1.165) is 39.3 Å². The number of carboxylic acids is 1. The van der Waals surface area contributed by atoms with E-state index in [4.69, 9.17) is 15.3 Å². The van der Waals surface area contributed by atoms with Crippen LogP contribution in [-0.2, 0) is 9.59 Å². The van der Waals surface area contributed by atoms with Gasteiger partial charge in [-0.3, -0.25) is 9.59 Å². The summed E-state index contributed by atoms with van der Waals surface area (Å²) < 4.78 is 1.85. The summed E-state index contributed by atoms with van der Waals surface area (Å²) in [6.45, 7) is 2.03. The van der Waals surface area contributed by atoms with Gasteiger partial charge in [-0.1, -0.05) is 78.4 Å². The zero-order valence-corrected chi connectivity index (χ0v) is 20.6. The summed E-state index contributed by atoms with van der Waals surface area (Å²) in [6.07, 6.45) is 2.86. The number of para-hydroxylation sites is 1. The number of hydrazone groups is 1. The fraction of sp³-hybridized carbons (Fsp3) is 0.200. The molecule has 186 valence electrons. The van der Waals surface area contributed by atoms with Gasteiger partial charge in [0, 0.05) is 36.6 Å². The van der Waals surface area contributed by atoms with Crippen LogP contribution < -0.4 is 0 Å². The van der Waals surface area contributed by atoms with Crippen LogP contribution in [0.4, 0.5) is 0 Å². The molecule has 1 aliphatic rings. The van der Waals surface area contributed by atoms with Crippen molar-refractivity contribution in [1.82, 2.24) is 14.8 Å². The zero-order chi connectivity index (χ0) is 25.8. The van der Waals surface area contributed by atoms with Gasteiger partial charge >= 0.3 is 5.97 Å². The van der Waals surface area contributed by atoms with E-state index in [2.05, 4.69) is 0 Å². The molecule has 0 aliphatic carbocycles. The number of carboxylic acid groups (broad SMARTS) is 1. The van der Waals surface area contributed by atoms with E-state index in [1.54, 1.807) is 0 Å². The second kappa shape index (κ2) is 10.6. The lowest BCUT2D eigenvalue weighted by Crippen LogP contribution is -2.27. The van der Waals surface area contributed by atoms with Crippen LogP contribution in [0.15, 0.2) is 96.2 Å². The number of hydrogen-bond donors (Lipinski definition) is 1. The molecule has 1 aromatic heterocycles. The highest BCUT2D eigenvalue weighted by molar-refractivity contribution is 6.07. The van der Waals surface area contributed by atoms with Crippen molar-refractivity contribution in [2.45, 2.75) is 38.6 Å². The minimum atomic E-state index is -0.908. The molecule has 3 aromatic carbocycles. The Balaban J connectivity index is 1.55. The number of aryl methyl sites for hydroxylation is 1. The first-order chi connectivity index (χ1) is 18.0. The molecule has 37 heavy (non-hydrogen) atoms. The van der Waals surface area contributed by atoms with Crippen LogP contribution in [0.1, 0.15) is 48.4 Å². The molecule has 0 spiro atoms. The number of aliphatic carboxylic acids is 1. The van der Waals surface area contributed by atoms with Crippen LogP contribution in [0.2, 0.25) is 0 Å². The molecule has 1 amide bonds. The van der Waals surface area contributed by atoms with E-state index in [9.17, 15) is 9.59 Å². The third-order valence-corrected chi connectivity index (χ3v) is 6.50. The summed E-state index contributed by atoms with van der Waals surface area (Å²) in [6, 6.07) is 27.7. The molecule has 1 atom stereocenters. The normalized spacial score (nSPS) is 15.0. The molecule has 0 unspecified atom stereocenters. The van der Waals surface area contributed by atoms with Crippen molar-refractivity contribution in [2.75, 3.05) is 0 Å². The molecule has 5 rings (SSSR count). The molecule has 1 aliphatic heterocycles. The van der Waals surface area contributed by atoms with Gasteiger partial charge in [-0.25, -0.2) is 9.69 Å². The Morgan fingerprint density at radius 2 is 1.59 bits per heavy atom. The first-order valence-corrected chi connectivity index (χ1v) is 12.4. The van der Waals surface area contributed by atoms with Gasteiger partial charge < -0.3 is 5.11 Å². The minimum absolute atomic E-state index is 0.0483. The molecular formula is C30H28N4O3. The van der Waals surface area contributed by atoms with Crippen molar-refractivity contribution in [3.8, 4) is 16.9 Å². The monoisotopic (exact) mass is 492 g/mol. The average molecular weight is 493 g/mol. The Bertz CT molecular complexity index is 1430. The second-order valence-electron chi connectivity index (χ2n) is 9.20. The first-order valence-electron chi connectivity index (χ1n) is 12.4. The molecule has 1 N–H and O–H groups in total. The Kier molecular flexibility index (Phi) is 6.94. The maximum atomic E-state index is 13.2. The SMILES string of the molecule is Cc1ccc([C@@H]2CC(c3cn(-c4ccccc4)nc3-c3ccccc3)=NN2C(=O)CCCC(=O)O)cc1. The van der Waals surface area contributed by atoms with Gasteiger partial charge in [0.2, 0.25) is 5.91 Å². The lowest BCUT2D eigenvalue weighted by atomic mass is 9.96. The Morgan fingerprint density at radius 3 is 2.27 bits per heavy atom. The molecule has 7 nitrogen and oxygen atoms in total. The molecule has 0 saturated heterocycles. The number of amides is 1. The molecule has 0 fully saturated rings. The zero-order valence-electron chi connectivity index (χ0n) is 20.6. The molecule has 7 heteroatoms. The smallest absolute Gasteiger partial charge is 0.303 e. The Morgan fingerprint density at radius 1 is 0.919 bits per heavy atom. The molecule has 0 saturated carbocycles. The van der Waals surface area contributed by atoms with Crippen LogP contribution in [0.5, 0.6) is 0 Å². The number of aromatic nitrogens is 2. The fourth-order valence-electron chi connectivity index (χ4n) is 4.56. The molecule has 0 bridgehead atoms. The summed E-state index contributed by atoms with van der Waals surface area (Å²) >= 11 is 0. The van der Waals surface area contributed by atoms with Crippen LogP contribution in [0.25, 0.3) is 16.9 Å². The maximum Gasteiger partial charge on any atom is 0.303 e. The quantitative estimate of drug-likeness (QED) is 0.338. The first kappa shape index (κ1) is 24.2. The number of nitrogens with zero attached hydrogens (tertiary/aromatic N) is 4. The predicted molar refractivity (Wildman–Crippen MR) is 142 cm³/mol. The number of hydrogen-bond acceptors (Lipinski definition) is 4. The van der Waals surface area contributed by atoms with Gasteiger partial charge in [-0.15, -0.1) is 0 Å². The molecule has 4 aromatic rings. The fourth-order valence-corrected chi connectivity index (χ4v) is 4.56. The van der Waals surface area contributed by atoms with Crippen LogP contribution in [0.3, 0.4) is 0 Å². The van der Waals surface area contributed by atoms with Crippen LogP contribution in [-0.4, -0.2) is 37.5 Å². The largest absolute Gasteiger partial charge is 0.481 e. The third-order valence-electron chi connectivity index (χ3n) is 6.50. The number of carbonyl (C=O) groups is 2. The van der Waals surface area contributed by atoms with Crippen LogP contribution >= 0.6 is 0 Å². The Hall–Kier alpha value is -4.52. The molecule has 2 heterocycles. The minimum Gasteiger partial charge on any atom is -0.481 e. The summed E-state index contributed by atoms with van der Waals surface area (Å²) in [4.78, 5) is 24.2. The van der Waals surface area contributed by atoms with E-state index in [1.807, 2.05) is 103 Å². The lowest BCUT2D eigenvalue weighted by molar-refractivity contribution is -0.137. The standard InChI is InChI=1S/C30H28N4O3/c1-21-15-17-22(18-16-21)27-19-26(31-34(27)28(35)13-8-14-29(36)37)25-20-33(24-11-6-3-7-12-24)32-30(25)23-9-4-2-5-10-23/h2-7,9-12,15-18,20,27H,8,13-14,19H2,1H3,(H,36,37)/t27-/m0/s1. The van der Waals surface area contributed by atoms with E-state index in [-0.39, 0.29) is 31.2 Å². The summed E-state index contributed by atoms with van der Waals surface area (Å²) in [7, 11) is 0. The predicted octanol–water partition coefficient (Wildman–Crippen LogP) is 5.78. The highest BCUT2D eigenvalue weighted by Gasteiger charge is 2.34. The summed E-state index contributed by atoms with van der Waals surface area (Å²) in [5.74, 6) is -1.09. The molecular weight excluding hydrogens is 464 g/mol. The van der Waals surface area contributed by atoms with Crippen molar-refractivity contribution in [3.05, 3.63) is 108 Å². The third kappa shape index (κ3) is 5.35. The van der Waals surface area contributed by atoms with Crippen LogP contribution in [0, 0.1) is 6.92 Å². The van der Waals surface area contributed by atoms with Gasteiger partial charge in [-0.2, -0.15) is 10.2 Å². The number of benzene rings is 3. The topological polar surface area (TPSA) is 87.8 Å². The van der Waals surface area contributed by atoms with E-state index < -0.39 is 5.97 Å². The highest BCUT2D eigenvalue weighted by Crippen LogP contribution is 2.36. The Labute approximate surface area is 215 Å². The van der Waals surface area contributed by atoms with Gasteiger partial charge in [0.25, 0.3) is 0 Å². The highest BCUT2D eigenvalue weighted by atomic mass is 16.4.